The van der Waals surface area contributed by atoms with Crippen LogP contribution in [0.4, 0.5) is 5.69 Å². The molecule has 26 heavy (non-hydrogen) atoms. The van der Waals surface area contributed by atoms with Gasteiger partial charge in [-0.05, 0) is 61.9 Å². The molecule has 134 valence electrons. The predicted octanol–water partition coefficient (Wildman–Crippen LogP) is 4.91. The molecular formula is C20H20ClN3OS. The van der Waals surface area contributed by atoms with Crippen molar-refractivity contribution in [1.29, 1.82) is 5.26 Å². The van der Waals surface area contributed by atoms with E-state index in [2.05, 4.69) is 16.4 Å². The zero-order valence-corrected chi connectivity index (χ0v) is 16.2. The number of aromatic nitrogens is 1. The summed E-state index contributed by atoms with van der Waals surface area (Å²) < 4.78 is 0. The van der Waals surface area contributed by atoms with Gasteiger partial charge in [0.2, 0.25) is 5.91 Å². The summed E-state index contributed by atoms with van der Waals surface area (Å²) in [5, 5.41) is 13.6. The van der Waals surface area contributed by atoms with Crippen LogP contribution in [0.5, 0.6) is 0 Å². The minimum Gasteiger partial charge on any atom is -0.326 e. The number of nitrogens with zero attached hydrogens (tertiary/aromatic N) is 2. The monoisotopic (exact) mass is 385 g/mol. The van der Waals surface area contributed by atoms with Gasteiger partial charge >= 0.3 is 0 Å². The molecule has 1 aliphatic rings. The average Bonchev–Trinajstić information content (AvgIpc) is 2.64. The highest BCUT2D eigenvalue weighted by Crippen LogP contribution is 2.28. The number of aryl methyl sites for hydroxylation is 3. The van der Waals surface area contributed by atoms with Gasteiger partial charge in [0.15, 0.2) is 0 Å². The van der Waals surface area contributed by atoms with Gasteiger partial charge in [-0.3, -0.25) is 4.79 Å². The lowest BCUT2D eigenvalue weighted by atomic mass is 9.95. The van der Waals surface area contributed by atoms with E-state index in [1.165, 1.54) is 17.3 Å². The highest BCUT2D eigenvalue weighted by molar-refractivity contribution is 7.99. The third-order valence-corrected chi connectivity index (χ3v) is 5.66. The quantitative estimate of drug-likeness (QED) is 0.742. The van der Waals surface area contributed by atoms with Crippen LogP contribution in [0.15, 0.2) is 29.3 Å². The summed E-state index contributed by atoms with van der Waals surface area (Å²) in [7, 11) is 0. The zero-order chi connectivity index (χ0) is 18.5. The van der Waals surface area contributed by atoms with E-state index in [0.29, 0.717) is 22.8 Å². The summed E-state index contributed by atoms with van der Waals surface area (Å²) in [6.07, 6.45) is 4.64. The number of hydrogen-bond acceptors (Lipinski definition) is 4. The van der Waals surface area contributed by atoms with Gasteiger partial charge < -0.3 is 5.32 Å². The molecular weight excluding hydrogens is 366 g/mol. The van der Waals surface area contributed by atoms with Crippen LogP contribution in [-0.4, -0.2) is 16.6 Å². The van der Waals surface area contributed by atoms with Gasteiger partial charge in [0.1, 0.15) is 11.1 Å². The van der Waals surface area contributed by atoms with E-state index in [1.807, 2.05) is 19.1 Å². The standard InChI is InChI=1S/C20H20ClN3OS/c1-13-6-7-16(21)11-18(13)23-19(25)8-9-26-20-15(12-22)10-14-4-2-3-5-17(14)24-20/h6-7,10-11H,2-5,8-9H2,1H3,(H,23,25). The lowest BCUT2D eigenvalue weighted by Gasteiger charge is -2.16. The van der Waals surface area contributed by atoms with E-state index in [1.54, 1.807) is 12.1 Å². The Labute approximate surface area is 163 Å². The summed E-state index contributed by atoms with van der Waals surface area (Å²) in [4.78, 5) is 16.9. The molecule has 0 aliphatic heterocycles. The molecule has 1 amide bonds. The Kier molecular flexibility index (Phi) is 6.18. The smallest absolute Gasteiger partial charge is 0.225 e. The van der Waals surface area contributed by atoms with Crippen molar-refractivity contribution >= 4 is 35.0 Å². The van der Waals surface area contributed by atoms with E-state index >= 15 is 0 Å². The molecule has 1 aromatic carbocycles. The van der Waals surface area contributed by atoms with Crippen LogP contribution in [0, 0.1) is 18.3 Å². The number of carbonyl (C=O) groups excluding carboxylic acids is 1. The molecule has 0 bridgehead atoms. The number of nitrogens with one attached hydrogen (secondary N) is 1. The van der Waals surface area contributed by atoms with Gasteiger partial charge in [-0.1, -0.05) is 17.7 Å². The number of thioether (sulfide) groups is 1. The summed E-state index contributed by atoms with van der Waals surface area (Å²) in [5.41, 5.74) is 4.63. The van der Waals surface area contributed by atoms with Gasteiger partial charge in [-0.25, -0.2) is 4.98 Å². The first-order chi connectivity index (χ1) is 12.6. The van der Waals surface area contributed by atoms with Crippen molar-refractivity contribution in [2.24, 2.45) is 0 Å². The largest absolute Gasteiger partial charge is 0.326 e. The molecule has 4 nitrogen and oxygen atoms in total. The van der Waals surface area contributed by atoms with Crippen molar-refractivity contribution in [2.45, 2.75) is 44.1 Å². The predicted molar refractivity (Wildman–Crippen MR) is 106 cm³/mol. The molecule has 0 radical (unpaired) electrons. The number of fused-ring (bicyclic) bond motifs is 1. The second-order valence-electron chi connectivity index (χ2n) is 6.37. The van der Waals surface area contributed by atoms with Gasteiger partial charge in [-0.15, -0.1) is 11.8 Å². The number of benzene rings is 1. The number of pyridine rings is 1. The van der Waals surface area contributed by atoms with E-state index in [4.69, 9.17) is 11.6 Å². The minimum atomic E-state index is -0.0701. The molecule has 1 N–H and O–H groups in total. The highest BCUT2D eigenvalue weighted by Gasteiger charge is 2.16. The average molecular weight is 386 g/mol. The minimum absolute atomic E-state index is 0.0701. The fraction of sp³-hybridized carbons (Fsp3) is 0.350. The molecule has 3 rings (SSSR count). The Hall–Kier alpha value is -2.03. The third-order valence-electron chi connectivity index (χ3n) is 4.43. The molecule has 0 saturated carbocycles. The van der Waals surface area contributed by atoms with Crippen LogP contribution in [0.3, 0.4) is 0 Å². The second-order valence-corrected chi connectivity index (χ2v) is 7.89. The molecule has 0 saturated heterocycles. The van der Waals surface area contributed by atoms with Crippen LogP contribution >= 0.6 is 23.4 Å². The molecule has 0 fully saturated rings. The fourth-order valence-corrected chi connectivity index (χ4v) is 4.07. The summed E-state index contributed by atoms with van der Waals surface area (Å²) in [6.45, 7) is 1.93. The molecule has 1 aromatic heterocycles. The summed E-state index contributed by atoms with van der Waals surface area (Å²) in [5.74, 6) is 0.505. The van der Waals surface area contributed by atoms with E-state index < -0.39 is 0 Å². The van der Waals surface area contributed by atoms with Crippen molar-refractivity contribution in [3.05, 3.63) is 51.7 Å². The summed E-state index contributed by atoms with van der Waals surface area (Å²) >= 11 is 7.45. The Morgan fingerprint density at radius 3 is 2.96 bits per heavy atom. The molecule has 2 aromatic rings. The first-order valence-corrected chi connectivity index (χ1v) is 10.0. The molecule has 1 heterocycles. The Balaban J connectivity index is 1.60. The van der Waals surface area contributed by atoms with E-state index in [9.17, 15) is 10.1 Å². The lowest BCUT2D eigenvalue weighted by Crippen LogP contribution is -2.13. The lowest BCUT2D eigenvalue weighted by molar-refractivity contribution is -0.115. The normalized spacial score (nSPS) is 13.0. The number of amides is 1. The molecule has 0 spiro atoms. The first-order valence-electron chi connectivity index (χ1n) is 8.68. The molecule has 6 heteroatoms. The van der Waals surface area contributed by atoms with Crippen LogP contribution in [0.1, 0.15) is 41.6 Å². The van der Waals surface area contributed by atoms with Crippen molar-refractivity contribution in [3.8, 4) is 6.07 Å². The topological polar surface area (TPSA) is 65.8 Å². The number of anilines is 1. The number of nitriles is 1. The number of halogens is 1. The van der Waals surface area contributed by atoms with Gasteiger partial charge in [0.25, 0.3) is 0 Å². The molecule has 1 aliphatic carbocycles. The van der Waals surface area contributed by atoms with Gasteiger partial charge in [0, 0.05) is 28.6 Å². The van der Waals surface area contributed by atoms with Crippen molar-refractivity contribution in [3.63, 3.8) is 0 Å². The van der Waals surface area contributed by atoms with Gasteiger partial charge in [0.05, 0.1) is 5.56 Å². The molecule has 0 unspecified atom stereocenters. The van der Waals surface area contributed by atoms with Crippen LogP contribution in [-0.2, 0) is 17.6 Å². The second kappa shape index (κ2) is 8.57. The maximum Gasteiger partial charge on any atom is 0.225 e. The number of hydrogen-bond donors (Lipinski definition) is 1. The maximum absolute atomic E-state index is 12.2. The van der Waals surface area contributed by atoms with Crippen molar-refractivity contribution < 1.29 is 4.79 Å². The van der Waals surface area contributed by atoms with Crippen LogP contribution in [0.25, 0.3) is 0 Å². The van der Waals surface area contributed by atoms with Crippen molar-refractivity contribution in [1.82, 2.24) is 4.98 Å². The maximum atomic E-state index is 12.2. The fourth-order valence-electron chi connectivity index (χ4n) is 2.99. The highest BCUT2D eigenvalue weighted by atomic mass is 35.5. The number of carbonyl (C=O) groups is 1. The zero-order valence-electron chi connectivity index (χ0n) is 14.6. The third kappa shape index (κ3) is 4.57. The summed E-state index contributed by atoms with van der Waals surface area (Å²) in [6, 6.07) is 9.64. The Morgan fingerprint density at radius 2 is 2.15 bits per heavy atom. The van der Waals surface area contributed by atoms with Gasteiger partial charge in [-0.2, -0.15) is 5.26 Å². The van der Waals surface area contributed by atoms with Crippen LogP contribution < -0.4 is 5.32 Å². The molecule has 0 atom stereocenters. The Morgan fingerprint density at radius 1 is 1.35 bits per heavy atom. The van der Waals surface area contributed by atoms with Crippen molar-refractivity contribution in [2.75, 3.05) is 11.1 Å². The number of rotatable bonds is 5. The Bertz CT molecular complexity index is 876. The van der Waals surface area contributed by atoms with Crippen LogP contribution in [0.2, 0.25) is 5.02 Å². The SMILES string of the molecule is Cc1ccc(Cl)cc1NC(=O)CCSc1nc2c(cc1C#N)CCCC2. The van der Waals surface area contributed by atoms with E-state index in [-0.39, 0.29) is 5.91 Å². The first kappa shape index (κ1) is 18.8. The van der Waals surface area contributed by atoms with E-state index in [0.717, 1.165) is 47.7 Å².